The van der Waals surface area contributed by atoms with Gasteiger partial charge in [-0.3, -0.25) is 24.0 Å². The molecule has 0 aliphatic heterocycles. The Balaban J connectivity index is 1.75. The number of allylic oxidation sites excluding steroid dienone is 3. The van der Waals surface area contributed by atoms with Gasteiger partial charge in [-0.1, -0.05) is 29.4 Å². The summed E-state index contributed by atoms with van der Waals surface area (Å²) in [6.07, 6.45) is 7.02. The molecule has 12 heteroatoms. The molecule has 41 heavy (non-hydrogen) atoms. The molecular formula is C29H18N4O8. The number of nitrogens with one attached hydrogen (secondary N) is 1. The van der Waals surface area contributed by atoms with Crippen LogP contribution in [0.2, 0.25) is 0 Å². The van der Waals surface area contributed by atoms with Crippen LogP contribution in [0.1, 0.15) is 30.2 Å². The van der Waals surface area contributed by atoms with Gasteiger partial charge in [0.1, 0.15) is 22.7 Å². The molecule has 202 valence electrons. The quantitative estimate of drug-likeness (QED) is 0.125. The minimum absolute atomic E-state index is 0.0683. The lowest BCUT2D eigenvalue weighted by Gasteiger charge is -2.27. The van der Waals surface area contributed by atoms with E-state index in [1.165, 1.54) is 0 Å². The first-order chi connectivity index (χ1) is 19.6. The highest BCUT2D eigenvalue weighted by molar-refractivity contribution is 5.94. The average Bonchev–Trinajstić information content (AvgIpc) is 3.42. The summed E-state index contributed by atoms with van der Waals surface area (Å²) in [7, 11) is 0. The van der Waals surface area contributed by atoms with Gasteiger partial charge in [-0.15, -0.1) is 0 Å². The number of aromatic nitrogens is 1. The van der Waals surface area contributed by atoms with E-state index >= 15 is 0 Å². The van der Waals surface area contributed by atoms with E-state index < -0.39 is 76.5 Å². The van der Waals surface area contributed by atoms with Gasteiger partial charge in [-0.05, 0) is 54.5 Å². The maximum absolute atomic E-state index is 13.6. The van der Waals surface area contributed by atoms with Gasteiger partial charge < -0.3 is 20.3 Å². The monoisotopic (exact) mass is 550 g/mol. The smallest absolute Gasteiger partial charge is 0.260 e. The van der Waals surface area contributed by atoms with Gasteiger partial charge in [0, 0.05) is 16.2 Å². The molecule has 2 aromatic rings. The van der Waals surface area contributed by atoms with Crippen molar-refractivity contribution in [1.29, 1.82) is 0 Å². The molecule has 0 amide bonds. The minimum atomic E-state index is -1.98. The minimum Gasteiger partial charge on any atom is -0.510 e. The molecule has 0 saturated carbocycles. The molecule has 1 heterocycles. The number of pyridine rings is 1. The number of phenolic OH excluding ortho intramolecular Hbond substituents is 1. The van der Waals surface area contributed by atoms with Crippen LogP contribution < -0.4 is 37.7 Å². The number of aliphatic hydroxyl groups is 2. The maximum atomic E-state index is 13.6. The van der Waals surface area contributed by atoms with E-state index in [1.54, 1.807) is 36.4 Å². The molecule has 1 aromatic heterocycles. The molecule has 0 saturated heterocycles. The molecule has 0 fully saturated rings. The lowest BCUT2D eigenvalue weighted by atomic mass is 9.78. The van der Waals surface area contributed by atoms with Crippen molar-refractivity contribution in [2.24, 2.45) is 5.11 Å². The van der Waals surface area contributed by atoms with Crippen molar-refractivity contribution in [3.8, 4) is 5.75 Å². The van der Waals surface area contributed by atoms with E-state index in [4.69, 9.17) is 5.53 Å². The van der Waals surface area contributed by atoms with Crippen molar-refractivity contribution in [3.63, 3.8) is 0 Å². The fourth-order valence-corrected chi connectivity index (χ4v) is 6.11. The van der Waals surface area contributed by atoms with Gasteiger partial charge in [0.2, 0.25) is 10.9 Å². The summed E-state index contributed by atoms with van der Waals surface area (Å²) in [5.74, 6) is -2.14. The van der Waals surface area contributed by atoms with Crippen LogP contribution in [0.25, 0.3) is 38.8 Å². The molecule has 6 rings (SSSR count). The van der Waals surface area contributed by atoms with Crippen LogP contribution in [-0.2, 0) is 11.8 Å². The van der Waals surface area contributed by atoms with Gasteiger partial charge in [0.15, 0.2) is 10.9 Å². The number of H-pyrrole nitrogens is 1. The molecule has 0 unspecified atom stereocenters. The number of aryl methyl sites for hydroxylation is 1. The van der Waals surface area contributed by atoms with Crippen LogP contribution in [0, 0.1) is 10.4 Å². The number of aromatic hydroxyl groups is 1. The second kappa shape index (κ2) is 8.63. The van der Waals surface area contributed by atoms with E-state index in [1.807, 2.05) is 6.92 Å². The largest absolute Gasteiger partial charge is 0.510 e. The number of phenols is 1. The fraction of sp³-hybridized carbons (Fsp3) is 0.138. The molecule has 1 spiro atoms. The summed E-state index contributed by atoms with van der Waals surface area (Å²) in [5, 5.41) is 34.7. The third-order valence-corrected chi connectivity index (χ3v) is 7.80. The molecule has 1 aromatic carbocycles. The number of rotatable bonds is 3. The van der Waals surface area contributed by atoms with Crippen LogP contribution in [0.4, 0.5) is 5.69 Å². The van der Waals surface area contributed by atoms with Gasteiger partial charge in [-0.2, -0.15) is 0 Å². The Morgan fingerprint density at radius 1 is 0.927 bits per heavy atom. The third-order valence-electron chi connectivity index (χ3n) is 7.80. The van der Waals surface area contributed by atoms with Crippen molar-refractivity contribution in [2.45, 2.75) is 25.2 Å². The zero-order chi connectivity index (χ0) is 29.4. The Hall–Kier alpha value is -5.74. The molecule has 1 atom stereocenters. The molecule has 4 aliphatic rings. The summed E-state index contributed by atoms with van der Waals surface area (Å²) in [6.45, 7) is 1.83. The van der Waals surface area contributed by atoms with E-state index in [-0.39, 0.29) is 23.8 Å². The zero-order valence-electron chi connectivity index (χ0n) is 21.2. The molecule has 12 nitrogen and oxygen atoms in total. The predicted octanol–water partition coefficient (Wildman–Crippen LogP) is 1.04. The van der Waals surface area contributed by atoms with E-state index in [0.717, 1.165) is 0 Å². The number of aliphatic hydroxyl groups excluding tert-OH is 2. The number of benzene rings is 1. The highest BCUT2D eigenvalue weighted by Crippen LogP contribution is 2.54. The summed E-state index contributed by atoms with van der Waals surface area (Å²) in [6, 6.07) is 3.89. The number of nitrogens with zero attached hydrogens (tertiary/aromatic N) is 3. The first-order valence-electron chi connectivity index (χ1n) is 12.4. The van der Waals surface area contributed by atoms with Gasteiger partial charge in [0.05, 0.1) is 31.9 Å². The fourth-order valence-electron chi connectivity index (χ4n) is 6.11. The normalized spacial score (nSPS) is 17.8. The predicted molar refractivity (Wildman–Crippen MR) is 149 cm³/mol. The molecule has 4 N–H and O–H groups in total. The first-order valence-corrected chi connectivity index (χ1v) is 12.4. The Kier molecular flexibility index (Phi) is 5.38. The second-order valence-electron chi connectivity index (χ2n) is 9.84. The van der Waals surface area contributed by atoms with Crippen LogP contribution in [0.15, 0.2) is 65.5 Å². The molecule has 4 aliphatic carbocycles. The lowest BCUT2D eigenvalue weighted by molar-refractivity contribution is 0.362. The van der Waals surface area contributed by atoms with E-state index in [0.29, 0.717) is 22.7 Å². The molecular weight excluding hydrogens is 532 g/mol. The van der Waals surface area contributed by atoms with Crippen LogP contribution in [0.3, 0.4) is 0 Å². The summed E-state index contributed by atoms with van der Waals surface area (Å²) < 4.78 is 0. The third kappa shape index (κ3) is 3.16. The Bertz CT molecular complexity index is 2480. The lowest BCUT2D eigenvalue weighted by Crippen LogP contribution is -2.51. The SMILES string of the molecule is CC=CC=Cc1cc2cc3c(c(O)c2c(=O)[nH]1)[C@@]1(CC3)C(O)=c2c(=O)c3c(=O)cc(N=[N+]=[N-])c(=O)c=3c(=O)c2=C1O. The van der Waals surface area contributed by atoms with Gasteiger partial charge in [-0.25, -0.2) is 0 Å². The Labute approximate surface area is 226 Å². The number of hydrogen-bond donors (Lipinski definition) is 4. The second-order valence-corrected chi connectivity index (χ2v) is 9.84. The van der Waals surface area contributed by atoms with Crippen molar-refractivity contribution >= 4 is 34.1 Å². The Morgan fingerprint density at radius 2 is 1.61 bits per heavy atom. The molecule has 0 bridgehead atoms. The van der Waals surface area contributed by atoms with Crippen molar-refractivity contribution in [3.05, 3.63) is 136 Å². The highest BCUT2D eigenvalue weighted by Gasteiger charge is 2.53. The topological polar surface area (TPSA) is 211 Å². The molecule has 0 radical (unpaired) electrons. The van der Waals surface area contributed by atoms with Crippen molar-refractivity contribution < 1.29 is 15.3 Å². The maximum Gasteiger partial charge on any atom is 0.260 e. The van der Waals surface area contributed by atoms with E-state index in [9.17, 15) is 39.3 Å². The number of hydrogen-bond acceptors (Lipinski definition) is 9. The van der Waals surface area contributed by atoms with Crippen LogP contribution in [-0.4, -0.2) is 20.3 Å². The van der Waals surface area contributed by atoms with E-state index in [2.05, 4.69) is 15.0 Å². The zero-order valence-corrected chi connectivity index (χ0v) is 21.2. The summed E-state index contributed by atoms with van der Waals surface area (Å²) in [5.41, 5.74) is 1.58. The van der Waals surface area contributed by atoms with Crippen LogP contribution in [0.5, 0.6) is 5.75 Å². The number of fused-ring (bicyclic) bond motifs is 4. The number of azide groups is 1. The summed E-state index contributed by atoms with van der Waals surface area (Å²) in [4.78, 5) is 70.9. The van der Waals surface area contributed by atoms with Crippen molar-refractivity contribution in [1.82, 2.24) is 4.98 Å². The van der Waals surface area contributed by atoms with Gasteiger partial charge >= 0.3 is 0 Å². The average molecular weight is 550 g/mol. The first kappa shape index (κ1) is 25.5. The van der Waals surface area contributed by atoms with Crippen molar-refractivity contribution in [2.75, 3.05) is 0 Å². The van der Waals surface area contributed by atoms with Gasteiger partial charge in [0.25, 0.3) is 5.56 Å². The summed E-state index contributed by atoms with van der Waals surface area (Å²) >= 11 is 0. The Morgan fingerprint density at radius 3 is 2.27 bits per heavy atom. The van der Waals surface area contributed by atoms with Crippen LogP contribution >= 0.6 is 0 Å². The number of aromatic amines is 1. The standard InChI is InChI=1S/C29H18N4O8/c1-2-3-4-5-13-9-12-8-11-6-7-29(21(11)25(38)16(12)28(41)31-13)26(39)19-20(27(29)40)24(37)18-17(23(19)36)15(34)10-14(22(18)35)32-33-30/h2-5,8-10,38-40H,6-7H2,1H3,(H,31,41)/t29-/m0/s1. The highest BCUT2D eigenvalue weighted by atomic mass is 16.3.